The van der Waals surface area contributed by atoms with Crippen molar-refractivity contribution in [2.45, 2.75) is 19.1 Å². The Bertz CT molecular complexity index is 761. The summed E-state index contributed by atoms with van der Waals surface area (Å²) in [7, 11) is 3.19. The van der Waals surface area contributed by atoms with Crippen LogP contribution in [0.1, 0.15) is 12.0 Å². The molecular weight excluding hydrogens is 462 g/mol. The molecule has 1 N–H and O–H groups in total. The summed E-state index contributed by atoms with van der Waals surface area (Å²) in [5.41, 5.74) is 0.824. The quantitative estimate of drug-likeness (QED) is 0.400. The Hall–Kier alpha value is -2.10. The van der Waals surface area contributed by atoms with Gasteiger partial charge < -0.3 is 19.7 Å². The summed E-state index contributed by atoms with van der Waals surface area (Å²) in [5.74, 6) is 1.28. The molecule has 0 bridgehead atoms. The summed E-state index contributed by atoms with van der Waals surface area (Å²) in [6.07, 6.45) is 2.69. The van der Waals surface area contributed by atoms with Gasteiger partial charge in [-0.25, -0.2) is 9.37 Å². The van der Waals surface area contributed by atoms with Gasteiger partial charge in [0.2, 0.25) is 5.88 Å². The number of benzene rings is 1. The average Bonchev–Trinajstić information content (AvgIpc) is 3.11. The lowest BCUT2D eigenvalue weighted by Crippen LogP contribution is -2.40. The van der Waals surface area contributed by atoms with Crippen molar-refractivity contribution in [2.24, 2.45) is 4.99 Å². The van der Waals surface area contributed by atoms with E-state index in [9.17, 15) is 4.39 Å². The molecule has 0 saturated carbocycles. The van der Waals surface area contributed by atoms with Crippen LogP contribution in [0.4, 0.5) is 4.39 Å². The van der Waals surface area contributed by atoms with Crippen LogP contribution in [0.25, 0.3) is 0 Å². The van der Waals surface area contributed by atoms with E-state index < -0.39 is 0 Å². The van der Waals surface area contributed by atoms with E-state index >= 15 is 0 Å². The number of likely N-dealkylation sites (tertiary alicyclic amines) is 1. The topological polar surface area (TPSA) is 59.0 Å². The predicted octanol–water partition coefficient (Wildman–Crippen LogP) is 3.08. The van der Waals surface area contributed by atoms with Gasteiger partial charge in [-0.15, -0.1) is 24.0 Å². The van der Waals surface area contributed by atoms with E-state index in [4.69, 9.17) is 9.47 Å². The highest BCUT2D eigenvalue weighted by Gasteiger charge is 2.26. The zero-order valence-electron chi connectivity index (χ0n) is 15.4. The van der Waals surface area contributed by atoms with Crippen LogP contribution < -0.4 is 14.8 Å². The monoisotopic (exact) mass is 486 g/mol. The van der Waals surface area contributed by atoms with Crippen LogP contribution in [0.2, 0.25) is 0 Å². The van der Waals surface area contributed by atoms with Crippen molar-refractivity contribution in [3.8, 4) is 11.6 Å². The third-order valence-corrected chi connectivity index (χ3v) is 4.25. The second-order valence-corrected chi connectivity index (χ2v) is 6.01. The van der Waals surface area contributed by atoms with Crippen LogP contribution in [0.5, 0.6) is 11.6 Å². The SMILES string of the molecule is CN=C(NCc1ccc(OC)c(F)c1)N1CCC(Oc2ccccn2)C1.I. The van der Waals surface area contributed by atoms with Crippen molar-refractivity contribution >= 4 is 29.9 Å². The van der Waals surface area contributed by atoms with Crippen LogP contribution in [0.3, 0.4) is 0 Å². The highest BCUT2D eigenvalue weighted by atomic mass is 127. The Morgan fingerprint density at radius 3 is 2.89 bits per heavy atom. The Labute approximate surface area is 175 Å². The minimum atomic E-state index is -0.369. The molecule has 8 heteroatoms. The number of hydrogen-bond donors (Lipinski definition) is 1. The molecule has 27 heavy (non-hydrogen) atoms. The molecule has 1 aromatic heterocycles. The normalized spacial score (nSPS) is 16.6. The summed E-state index contributed by atoms with van der Waals surface area (Å²) >= 11 is 0. The van der Waals surface area contributed by atoms with Gasteiger partial charge in [0.25, 0.3) is 0 Å². The number of nitrogens with one attached hydrogen (secondary N) is 1. The van der Waals surface area contributed by atoms with Crippen LogP contribution in [-0.2, 0) is 6.54 Å². The van der Waals surface area contributed by atoms with Crippen molar-refractivity contribution in [2.75, 3.05) is 27.2 Å². The smallest absolute Gasteiger partial charge is 0.213 e. The first-order valence-corrected chi connectivity index (χ1v) is 8.55. The molecule has 0 amide bonds. The fourth-order valence-corrected chi connectivity index (χ4v) is 2.94. The summed E-state index contributed by atoms with van der Waals surface area (Å²) in [4.78, 5) is 10.7. The van der Waals surface area contributed by atoms with E-state index in [0.717, 1.165) is 31.0 Å². The highest BCUT2D eigenvalue weighted by molar-refractivity contribution is 14.0. The average molecular weight is 486 g/mol. The van der Waals surface area contributed by atoms with Gasteiger partial charge >= 0.3 is 0 Å². The molecule has 2 aromatic rings. The molecule has 0 spiro atoms. The Morgan fingerprint density at radius 1 is 1.37 bits per heavy atom. The number of aromatic nitrogens is 1. The molecule has 1 aliphatic heterocycles. The van der Waals surface area contributed by atoms with Crippen LogP contribution in [0.15, 0.2) is 47.6 Å². The lowest BCUT2D eigenvalue weighted by molar-refractivity contribution is 0.205. The number of rotatable bonds is 5. The van der Waals surface area contributed by atoms with Crippen molar-refractivity contribution in [3.63, 3.8) is 0 Å². The number of ether oxygens (including phenoxy) is 2. The second-order valence-electron chi connectivity index (χ2n) is 6.01. The van der Waals surface area contributed by atoms with Gasteiger partial charge in [-0.1, -0.05) is 12.1 Å². The summed E-state index contributed by atoms with van der Waals surface area (Å²) in [5, 5.41) is 3.27. The van der Waals surface area contributed by atoms with Crippen LogP contribution in [0, 0.1) is 5.82 Å². The van der Waals surface area contributed by atoms with Crippen molar-refractivity contribution in [1.29, 1.82) is 0 Å². The van der Waals surface area contributed by atoms with Crippen molar-refractivity contribution < 1.29 is 13.9 Å². The number of nitrogens with zero attached hydrogens (tertiary/aromatic N) is 3. The number of methoxy groups -OCH3 is 1. The largest absolute Gasteiger partial charge is 0.494 e. The first-order chi connectivity index (χ1) is 12.7. The van der Waals surface area contributed by atoms with E-state index in [1.807, 2.05) is 24.3 Å². The molecule has 6 nitrogen and oxygen atoms in total. The Balaban J connectivity index is 0.00000261. The standard InChI is InChI=1S/C19H23FN4O2.HI/c1-21-19(23-12-14-6-7-17(25-2)16(20)11-14)24-10-8-15(13-24)26-18-5-3-4-9-22-18;/h3-7,9,11,15H,8,10,12-13H2,1-2H3,(H,21,23);1H. The molecule has 0 aliphatic carbocycles. The van der Waals surface area contributed by atoms with E-state index in [1.54, 1.807) is 19.3 Å². The van der Waals surface area contributed by atoms with E-state index in [0.29, 0.717) is 12.4 Å². The summed E-state index contributed by atoms with van der Waals surface area (Å²) < 4.78 is 24.6. The second kappa shape index (κ2) is 10.3. The molecule has 1 fully saturated rings. The number of aliphatic imine (C=N–C) groups is 1. The van der Waals surface area contributed by atoms with Gasteiger partial charge in [0.05, 0.1) is 13.7 Å². The van der Waals surface area contributed by atoms with Gasteiger partial charge in [-0.2, -0.15) is 0 Å². The van der Waals surface area contributed by atoms with E-state index in [1.165, 1.54) is 13.2 Å². The lowest BCUT2D eigenvalue weighted by atomic mass is 10.2. The molecule has 1 saturated heterocycles. The lowest BCUT2D eigenvalue weighted by Gasteiger charge is -2.21. The predicted molar refractivity (Wildman–Crippen MR) is 113 cm³/mol. The van der Waals surface area contributed by atoms with Crippen LogP contribution in [-0.4, -0.2) is 49.2 Å². The number of halogens is 2. The number of pyridine rings is 1. The molecule has 1 atom stereocenters. The molecule has 146 valence electrons. The third kappa shape index (κ3) is 5.69. The summed E-state index contributed by atoms with van der Waals surface area (Å²) in [6, 6.07) is 10.6. The highest BCUT2D eigenvalue weighted by Crippen LogP contribution is 2.18. The summed E-state index contributed by atoms with van der Waals surface area (Å²) in [6.45, 7) is 2.05. The zero-order valence-corrected chi connectivity index (χ0v) is 17.7. The zero-order chi connectivity index (χ0) is 18.4. The fraction of sp³-hybridized carbons (Fsp3) is 0.368. The van der Waals surface area contributed by atoms with E-state index in [2.05, 4.69) is 20.2 Å². The molecule has 1 unspecified atom stereocenters. The first-order valence-electron chi connectivity index (χ1n) is 8.55. The van der Waals surface area contributed by atoms with Gasteiger partial charge in [-0.05, 0) is 23.8 Å². The van der Waals surface area contributed by atoms with Crippen molar-refractivity contribution in [1.82, 2.24) is 15.2 Å². The van der Waals surface area contributed by atoms with E-state index in [-0.39, 0.29) is 41.6 Å². The molecule has 1 aliphatic rings. The Kier molecular flexibility index (Phi) is 8.08. The molecular formula is C19H24FIN4O2. The third-order valence-electron chi connectivity index (χ3n) is 4.25. The molecule has 1 aromatic carbocycles. The minimum Gasteiger partial charge on any atom is -0.494 e. The number of hydrogen-bond acceptors (Lipinski definition) is 4. The Morgan fingerprint density at radius 2 is 2.22 bits per heavy atom. The maximum Gasteiger partial charge on any atom is 0.213 e. The molecule has 2 heterocycles. The maximum absolute atomic E-state index is 13.8. The fourth-order valence-electron chi connectivity index (χ4n) is 2.94. The molecule has 0 radical (unpaired) electrons. The minimum absolute atomic E-state index is 0. The van der Waals surface area contributed by atoms with Gasteiger partial charge in [0.1, 0.15) is 6.10 Å². The van der Waals surface area contributed by atoms with Gasteiger partial charge in [0.15, 0.2) is 17.5 Å². The number of guanidine groups is 1. The van der Waals surface area contributed by atoms with Gasteiger partial charge in [-0.3, -0.25) is 4.99 Å². The molecule has 3 rings (SSSR count). The van der Waals surface area contributed by atoms with Crippen molar-refractivity contribution in [3.05, 3.63) is 54.0 Å². The van der Waals surface area contributed by atoms with Crippen LogP contribution >= 0.6 is 24.0 Å². The first kappa shape index (κ1) is 21.2. The maximum atomic E-state index is 13.8. The van der Waals surface area contributed by atoms with Gasteiger partial charge in [0, 0.05) is 38.8 Å².